The van der Waals surface area contributed by atoms with Gasteiger partial charge in [-0.25, -0.2) is 0 Å². The quantitative estimate of drug-likeness (QED) is 0.198. The highest BCUT2D eigenvalue weighted by Crippen LogP contribution is 2.28. The lowest BCUT2D eigenvalue weighted by atomic mass is 10.0. The Kier molecular flexibility index (Phi) is 10.1. The predicted molar refractivity (Wildman–Crippen MR) is 169 cm³/mol. The molecule has 3 heterocycles. The average molecular weight is 641 g/mol. The van der Waals surface area contributed by atoms with E-state index in [2.05, 4.69) is 31.4 Å². The number of phenolic OH excluding ortho intramolecular Hbond substituents is 1. The minimum Gasteiger partial charge on any atom is -0.507 e. The van der Waals surface area contributed by atoms with Crippen LogP contribution >= 0.6 is 0 Å². The van der Waals surface area contributed by atoms with Gasteiger partial charge in [-0.1, -0.05) is 61.5 Å². The number of aromatic hydroxyl groups is 1. The maximum atomic E-state index is 13.4. The van der Waals surface area contributed by atoms with Crippen LogP contribution in [0.1, 0.15) is 54.0 Å². The number of hydrogen-bond donors (Lipinski definition) is 5. The summed E-state index contributed by atoms with van der Waals surface area (Å²) in [6.45, 7) is 4.89. The number of hydrogen-bond acceptors (Lipinski definition) is 9. The van der Waals surface area contributed by atoms with Gasteiger partial charge in [-0.15, -0.1) is 0 Å². The normalized spacial score (nSPS) is 18.7. The van der Waals surface area contributed by atoms with E-state index in [-0.39, 0.29) is 36.1 Å². The highest BCUT2D eigenvalue weighted by atomic mass is 16.5. The van der Waals surface area contributed by atoms with Crippen LogP contribution in [0.15, 0.2) is 77.3 Å². The van der Waals surface area contributed by atoms with Crippen LogP contribution in [0.4, 0.5) is 0 Å². The van der Waals surface area contributed by atoms with E-state index in [0.717, 1.165) is 5.56 Å². The van der Waals surface area contributed by atoms with Crippen molar-refractivity contribution < 1.29 is 33.5 Å². The number of fused-ring (bicyclic) bond motifs is 11. The second-order valence-corrected chi connectivity index (χ2v) is 11.6. The molecule has 0 saturated carbocycles. The number of carbonyl (C=O) groups excluding carboxylic acids is 4. The highest BCUT2D eigenvalue weighted by Gasteiger charge is 2.30. The lowest BCUT2D eigenvalue weighted by molar-refractivity contribution is -0.132. The van der Waals surface area contributed by atoms with E-state index >= 15 is 0 Å². The molecule has 47 heavy (non-hydrogen) atoms. The SMILES string of the molecule is CC(C)[C@@H]1NC(=O)c2cc(ccc2O)Oc2ccc(cc2)C[C@@H](C(=O)NCc2nc(Cc3ccccc3)no2)NC(=O)[C@H](C)NC1=O. The van der Waals surface area contributed by atoms with E-state index in [0.29, 0.717) is 29.3 Å². The molecular weight excluding hydrogens is 604 g/mol. The van der Waals surface area contributed by atoms with Gasteiger partial charge in [0, 0.05) is 12.8 Å². The Balaban J connectivity index is 1.36. The van der Waals surface area contributed by atoms with Crippen molar-refractivity contribution in [3.63, 3.8) is 0 Å². The Morgan fingerprint density at radius 3 is 2.40 bits per heavy atom. The smallest absolute Gasteiger partial charge is 0.255 e. The van der Waals surface area contributed by atoms with Crippen molar-refractivity contribution in [3.8, 4) is 17.2 Å². The number of carbonyl (C=O) groups is 4. The molecule has 3 atom stereocenters. The van der Waals surface area contributed by atoms with E-state index < -0.39 is 41.8 Å². The summed E-state index contributed by atoms with van der Waals surface area (Å²) in [6, 6.07) is 17.6. The fraction of sp³-hybridized carbons (Fsp3) is 0.294. The first kappa shape index (κ1) is 32.7. The van der Waals surface area contributed by atoms with Gasteiger partial charge in [-0.05, 0) is 54.3 Å². The van der Waals surface area contributed by atoms with Gasteiger partial charge in [-0.3, -0.25) is 19.2 Å². The highest BCUT2D eigenvalue weighted by molar-refractivity contribution is 6.00. The van der Waals surface area contributed by atoms with Crippen molar-refractivity contribution >= 4 is 23.6 Å². The molecule has 4 bridgehead atoms. The molecular formula is C34H36N6O7. The molecule has 13 heteroatoms. The topological polar surface area (TPSA) is 185 Å². The largest absolute Gasteiger partial charge is 0.507 e. The van der Waals surface area contributed by atoms with Crippen molar-refractivity contribution in [1.82, 2.24) is 31.4 Å². The maximum Gasteiger partial charge on any atom is 0.255 e. The van der Waals surface area contributed by atoms with E-state index in [9.17, 15) is 24.3 Å². The van der Waals surface area contributed by atoms with Crippen LogP contribution in [-0.2, 0) is 33.8 Å². The van der Waals surface area contributed by atoms with Gasteiger partial charge in [0.25, 0.3) is 5.91 Å². The first-order valence-corrected chi connectivity index (χ1v) is 15.2. The third-order valence-corrected chi connectivity index (χ3v) is 7.56. The molecule has 1 aromatic heterocycles. The Bertz CT molecular complexity index is 1740. The molecule has 5 N–H and O–H groups in total. The van der Waals surface area contributed by atoms with Crippen molar-refractivity contribution in [2.45, 2.75) is 58.3 Å². The number of nitrogens with zero attached hydrogens (tertiary/aromatic N) is 2. The van der Waals surface area contributed by atoms with Crippen LogP contribution in [0.25, 0.3) is 0 Å². The molecule has 0 spiro atoms. The standard InChI is InChI=1S/C34H36N6O7/c1-19(2)30-34(45)36-20(3)31(42)37-26(33(44)35-18-29-38-28(40-47-29)16-21-7-5-4-6-8-21)15-22-9-11-23(12-10-22)46-24-13-14-27(41)25(17-24)32(43)39-30/h4-14,17,19-20,26,30,41H,15-16,18H2,1-3H3,(H,35,44)(H,36,45)(H,37,42)(H,39,43)/t20-,26-,30-/m0/s1. The first-order chi connectivity index (χ1) is 22.5. The zero-order valence-corrected chi connectivity index (χ0v) is 26.2. The zero-order valence-electron chi connectivity index (χ0n) is 26.2. The summed E-state index contributed by atoms with van der Waals surface area (Å²) in [7, 11) is 0. The molecule has 0 unspecified atom stereocenters. The fourth-order valence-electron chi connectivity index (χ4n) is 4.95. The number of aromatic nitrogens is 2. The van der Waals surface area contributed by atoms with Crippen LogP contribution in [-0.4, -0.2) is 57.0 Å². The lowest BCUT2D eigenvalue weighted by Crippen LogP contribution is -2.57. The monoisotopic (exact) mass is 640 g/mol. The minimum absolute atomic E-state index is 0.0591. The molecule has 0 saturated heterocycles. The third kappa shape index (κ3) is 8.51. The molecule has 3 aromatic carbocycles. The van der Waals surface area contributed by atoms with Gasteiger partial charge in [0.1, 0.15) is 35.4 Å². The molecule has 0 radical (unpaired) electrons. The molecule has 13 nitrogen and oxygen atoms in total. The third-order valence-electron chi connectivity index (χ3n) is 7.56. The molecule has 0 fully saturated rings. The van der Waals surface area contributed by atoms with Gasteiger partial charge >= 0.3 is 0 Å². The molecule has 2 aliphatic heterocycles. The second kappa shape index (κ2) is 14.6. The maximum absolute atomic E-state index is 13.4. The van der Waals surface area contributed by atoms with E-state index in [1.165, 1.54) is 25.1 Å². The number of nitrogens with one attached hydrogen (secondary N) is 4. The van der Waals surface area contributed by atoms with E-state index in [1.54, 1.807) is 38.1 Å². The van der Waals surface area contributed by atoms with E-state index in [1.807, 2.05) is 30.3 Å². The van der Waals surface area contributed by atoms with Crippen molar-refractivity contribution in [2.75, 3.05) is 0 Å². The van der Waals surface area contributed by atoms with Crippen molar-refractivity contribution in [3.05, 3.63) is 101 Å². The molecule has 2 aliphatic rings. The van der Waals surface area contributed by atoms with Crippen LogP contribution in [0, 0.1) is 5.92 Å². The summed E-state index contributed by atoms with van der Waals surface area (Å²) in [5.74, 6) is -1.66. The number of phenols is 1. The Hall–Kier alpha value is -5.72. The number of ether oxygens (including phenoxy) is 1. The van der Waals surface area contributed by atoms with Gasteiger partial charge in [0.05, 0.1) is 12.1 Å². The Morgan fingerprint density at radius 2 is 1.68 bits per heavy atom. The lowest BCUT2D eigenvalue weighted by Gasteiger charge is -2.25. The summed E-state index contributed by atoms with van der Waals surface area (Å²) in [6.07, 6.45) is 0.588. The molecule has 4 amide bonds. The van der Waals surface area contributed by atoms with Gasteiger partial charge in [0.2, 0.25) is 23.6 Å². The number of amides is 4. The predicted octanol–water partition coefficient (Wildman–Crippen LogP) is 2.77. The summed E-state index contributed by atoms with van der Waals surface area (Å²) >= 11 is 0. The molecule has 244 valence electrons. The Morgan fingerprint density at radius 1 is 0.957 bits per heavy atom. The zero-order chi connectivity index (χ0) is 33.5. The van der Waals surface area contributed by atoms with Crippen LogP contribution in [0.3, 0.4) is 0 Å². The summed E-state index contributed by atoms with van der Waals surface area (Å²) < 4.78 is 11.2. The number of benzene rings is 3. The molecule has 4 aromatic rings. The summed E-state index contributed by atoms with van der Waals surface area (Å²) in [5, 5.41) is 25.1. The minimum atomic E-state index is -1.06. The van der Waals surface area contributed by atoms with Crippen LogP contribution < -0.4 is 26.0 Å². The van der Waals surface area contributed by atoms with Gasteiger partial charge < -0.3 is 35.6 Å². The summed E-state index contributed by atoms with van der Waals surface area (Å²) in [5.41, 5.74) is 1.65. The Labute approximate surface area is 271 Å². The second-order valence-electron chi connectivity index (χ2n) is 11.6. The molecule has 0 aliphatic carbocycles. The van der Waals surface area contributed by atoms with Crippen molar-refractivity contribution in [2.24, 2.45) is 5.92 Å². The van der Waals surface area contributed by atoms with Crippen LogP contribution in [0.5, 0.6) is 17.2 Å². The van der Waals surface area contributed by atoms with E-state index in [4.69, 9.17) is 9.26 Å². The average Bonchev–Trinajstić information content (AvgIpc) is 3.50. The fourth-order valence-corrected chi connectivity index (χ4v) is 4.95. The van der Waals surface area contributed by atoms with Crippen molar-refractivity contribution in [1.29, 1.82) is 0 Å². The summed E-state index contributed by atoms with van der Waals surface area (Å²) in [4.78, 5) is 57.4. The van der Waals surface area contributed by atoms with Gasteiger partial charge in [0.15, 0.2) is 5.82 Å². The molecule has 6 rings (SSSR count). The first-order valence-electron chi connectivity index (χ1n) is 15.2. The van der Waals surface area contributed by atoms with Crippen LogP contribution in [0.2, 0.25) is 0 Å². The van der Waals surface area contributed by atoms with Gasteiger partial charge in [-0.2, -0.15) is 4.98 Å². The number of rotatable bonds is 6.